The van der Waals surface area contributed by atoms with E-state index in [0.717, 1.165) is 22.0 Å². The van der Waals surface area contributed by atoms with Gasteiger partial charge in [-0.05, 0) is 54.8 Å². The standard InChI is InChI=1S/C23H24N2O3S/c1-17-8-11-21(12-9-17)24-23(26)20-7-4-14-25(16-20)29(27,28)22-13-10-18-5-2-3-6-19(18)15-22/h2-3,5-6,8-13,15,20H,4,7,14,16H2,1H3,(H,24,26)/t20-/m1/s1. The Balaban J connectivity index is 1.51. The van der Waals surface area contributed by atoms with Crippen molar-refractivity contribution < 1.29 is 13.2 Å². The van der Waals surface area contributed by atoms with Gasteiger partial charge in [-0.15, -0.1) is 0 Å². The zero-order valence-corrected chi connectivity index (χ0v) is 17.2. The molecule has 1 atom stereocenters. The number of piperidine rings is 1. The number of sulfonamides is 1. The van der Waals surface area contributed by atoms with Crippen LogP contribution >= 0.6 is 0 Å². The molecule has 4 rings (SSSR count). The summed E-state index contributed by atoms with van der Waals surface area (Å²) in [6.45, 7) is 2.62. The van der Waals surface area contributed by atoms with Crippen LogP contribution in [0.1, 0.15) is 18.4 Å². The molecule has 29 heavy (non-hydrogen) atoms. The third-order valence-electron chi connectivity index (χ3n) is 5.43. The van der Waals surface area contributed by atoms with E-state index in [4.69, 9.17) is 0 Å². The predicted molar refractivity (Wildman–Crippen MR) is 115 cm³/mol. The van der Waals surface area contributed by atoms with Crippen molar-refractivity contribution in [3.05, 3.63) is 72.3 Å². The molecule has 5 nitrogen and oxygen atoms in total. The Morgan fingerprint density at radius 3 is 2.48 bits per heavy atom. The number of carbonyl (C=O) groups is 1. The summed E-state index contributed by atoms with van der Waals surface area (Å²) in [7, 11) is -3.65. The Hall–Kier alpha value is -2.70. The van der Waals surface area contributed by atoms with E-state index in [9.17, 15) is 13.2 Å². The number of fused-ring (bicyclic) bond motifs is 1. The lowest BCUT2D eigenvalue weighted by molar-refractivity contribution is -0.120. The van der Waals surface area contributed by atoms with Gasteiger partial charge in [0.15, 0.2) is 0 Å². The van der Waals surface area contributed by atoms with Gasteiger partial charge < -0.3 is 5.32 Å². The fraction of sp³-hybridized carbons (Fsp3) is 0.261. The Morgan fingerprint density at radius 2 is 1.72 bits per heavy atom. The maximum Gasteiger partial charge on any atom is 0.243 e. The minimum Gasteiger partial charge on any atom is -0.326 e. The Kier molecular flexibility index (Phi) is 5.39. The summed E-state index contributed by atoms with van der Waals surface area (Å²) < 4.78 is 27.8. The fourth-order valence-electron chi connectivity index (χ4n) is 3.73. The molecule has 1 aliphatic rings. The van der Waals surface area contributed by atoms with Crippen molar-refractivity contribution in [2.45, 2.75) is 24.7 Å². The first-order valence-electron chi connectivity index (χ1n) is 9.80. The first-order valence-corrected chi connectivity index (χ1v) is 11.2. The van der Waals surface area contributed by atoms with Crippen LogP contribution in [-0.2, 0) is 14.8 Å². The summed E-state index contributed by atoms with van der Waals surface area (Å²) in [5.41, 5.74) is 1.85. The van der Waals surface area contributed by atoms with E-state index in [1.165, 1.54) is 4.31 Å². The summed E-state index contributed by atoms with van der Waals surface area (Å²) in [6, 6.07) is 20.5. The van der Waals surface area contributed by atoms with Gasteiger partial charge in [-0.1, -0.05) is 48.0 Å². The van der Waals surface area contributed by atoms with E-state index in [1.807, 2.05) is 61.5 Å². The number of carbonyl (C=O) groups excluding carboxylic acids is 1. The van der Waals surface area contributed by atoms with E-state index in [2.05, 4.69) is 5.32 Å². The molecule has 6 heteroatoms. The molecule has 1 aliphatic heterocycles. The zero-order valence-electron chi connectivity index (χ0n) is 16.3. The summed E-state index contributed by atoms with van der Waals surface area (Å²) in [5.74, 6) is -0.493. The van der Waals surface area contributed by atoms with Crippen molar-refractivity contribution >= 4 is 32.4 Å². The number of hydrogen-bond donors (Lipinski definition) is 1. The van der Waals surface area contributed by atoms with E-state index in [0.29, 0.717) is 19.4 Å². The molecule has 0 aromatic heterocycles. The molecule has 0 saturated carbocycles. The Labute approximate surface area is 171 Å². The number of amides is 1. The van der Waals surface area contributed by atoms with Gasteiger partial charge in [0.25, 0.3) is 0 Å². The summed E-state index contributed by atoms with van der Waals surface area (Å²) >= 11 is 0. The second-order valence-corrected chi connectivity index (χ2v) is 9.50. The number of nitrogens with one attached hydrogen (secondary N) is 1. The van der Waals surface area contributed by atoms with Crippen molar-refractivity contribution in [1.82, 2.24) is 4.31 Å². The number of anilines is 1. The number of benzene rings is 3. The second-order valence-electron chi connectivity index (χ2n) is 7.57. The van der Waals surface area contributed by atoms with Crippen LogP contribution in [0.3, 0.4) is 0 Å². The maximum absolute atomic E-state index is 13.2. The molecule has 1 amide bonds. The molecule has 0 unspecified atom stereocenters. The minimum atomic E-state index is -3.65. The lowest BCUT2D eigenvalue weighted by Gasteiger charge is -2.31. The van der Waals surface area contributed by atoms with Gasteiger partial charge in [-0.2, -0.15) is 4.31 Å². The van der Waals surface area contributed by atoms with Gasteiger partial charge in [0.05, 0.1) is 10.8 Å². The van der Waals surface area contributed by atoms with Crippen LogP contribution in [0.25, 0.3) is 10.8 Å². The molecule has 0 aliphatic carbocycles. The molecule has 3 aromatic carbocycles. The third-order valence-corrected chi connectivity index (χ3v) is 7.29. The molecule has 3 aromatic rings. The molecule has 1 heterocycles. The van der Waals surface area contributed by atoms with Crippen LogP contribution in [-0.4, -0.2) is 31.7 Å². The van der Waals surface area contributed by atoms with Crippen LogP contribution in [0.15, 0.2) is 71.6 Å². The van der Waals surface area contributed by atoms with Crippen LogP contribution < -0.4 is 5.32 Å². The van der Waals surface area contributed by atoms with Gasteiger partial charge in [-0.25, -0.2) is 8.42 Å². The van der Waals surface area contributed by atoms with E-state index >= 15 is 0 Å². The Morgan fingerprint density at radius 1 is 1.00 bits per heavy atom. The van der Waals surface area contributed by atoms with Crippen LogP contribution in [0, 0.1) is 12.8 Å². The van der Waals surface area contributed by atoms with Gasteiger partial charge in [0, 0.05) is 18.8 Å². The van der Waals surface area contributed by atoms with Crippen LogP contribution in [0.4, 0.5) is 5.69 Å². The molecule has 1 N–H and O–H groups in total. The highest BCUT2D eigenvalue weighted by Crippen LogP contribution is 2.27. The van der Waals surface area contributed by atoms with Crippen molar-refractivity contribution in [1.29, 1.82) is 0 Å². The van der Waals surface area contributed by atoms with Gasteiger partial charge >= 0.3 is 0 Å². The van der Waals surface area contributed by atoms with Gasteiger partial charge in [-0.3, -0.25) is 4.79 Å². The van der Waals surface area contributed by atoms with Crippen molar-refractivity contribution in [3.8, 4) is 0 Å². The number of nitrogens with zero attached hydrogens (tertiary/aromatic N) is 1. The monoisotopic (exact) mass is 408 g/mol. The summed E-state index contributed by atoms with van der Waals surface area (Å²) in [5, 5.41) is 4.80. The first-order chi connectivity index (χ1) is 13.9. The number of rotatable bonds is 4. The number of hydrogen-bond acceptors (Lipinski definition) is 3. The SMILES string of the molecule is Cc1ccc(NC(=O)[C@@H]2CCCN(S(=O)(=O)c3ccc4ccccc4c3)C2)cc1. The molecule has 1 saturated heterocycles. The first kappa shape index (κ1) is 19.6. The Bertz CT molecular complexity index is 1140. The average molecular weight is 409 g/mol. The molecule has 150 valence electrons. The molecule has 1 fully saturated rings. The smallest absolute Gasteiger partial charge is 0.243 e. The van der Waals surface area contributed by atoms with Gasteiger partial charge in [0.2, 0.25) is 15.9 Å². The highest BCUT2D eigenvalue weighted by atomic mass is 32.2. The molecule has 0 bridgehead atoms. The van der Waals surface area contributed by atoms with Crippen molar-refractivity contribution in [2.24, 2.45) is 5.92 Å². The zero-order chi connectivity index (χ0) is 20.4. The molecular weight excluding hydrogens is 384 g/mol. The minimum absolute atomic E-state index is 0.132. The van der Waals surface area contributed by atoms with Gasteiger partial charge in [0.1, 0.15) is 0 Å². The highest BCUT2D eigenvalue weighted by molar-refractivity contribution is 7.89. The highest BCUT2D eigenvalue weighted by Gasteiger charge is 2.33. The second kappa shape index (κ2) is 7.97. The maximum atomic E-state index is 13.2. The molecule has 0 spiro atoms. The normalized spacial score (nSPS) is 17.9. The summed E-state index contributed by atoms with van der Waals surface area (Å²) in [4.78, 5) is 13.0. The van der Waals surface area contributed by atoms with E-state index < -0.39 is 10.0 Å². The van der Waals surface area contributed by atoms with E-state index in [-0.39, 0.29) is 23.3 Å². The topological polar surface area (TPSA) is 66.5 Å². The van der Waals surface area contributed by atoms with E-state index in [1.54, 1.807) is 12.1 Å². The lowest BCUT2D eigenvalue weighted by Crippen LogP contribution is -2.43. The van der Waals surface area contributed by atoms with Crippen molar-refractivity contribution in [3.63, 3.8) is 0 Å². The molecular formula is C23H24N2O3S. The molecule has 0 radical (unpaired) electrons. The quantitative estimate of drug-likeness (QED) is 0.704. The van der Waals surface area contributed by atoms with Crippen molar-refractivity contribution in [2.75, 3.05) is 18.4 Å². The average Bonchev–Trinajstić information content (AvgIpc) is 2.75. The third kappa shape index (κ3) is 4.18. The van der Waals surface area contributed by atoms with Crippen LogP contribution in [0.5, 0.6) is 0 Å². The van der Waals surface area contributed by atoms with Crippen LogP contribution in [0.2, 0.25) is 0 Å². The fourth-order valence-corrected chi connectivity index (χ4v) is 5.29. The summed E-state index contributed by atoms with van der Waals surface area (Å²) in [6.07, 6.45) is 1.35. The largest absolute Gasteiger partial charge is 0.326 e. The number of aryl methyl sites for hydroxylation is 1. The lowest BCUT2D eigenvalue weighted by atomic mass is 9.98. The predicted octanol–water partition coefficient (Wildman–Crippen LogP) is 4.19.